The lowest BCUT2D eigenvalue weighted by atomic mass is 9.78. The van der Waals surface area contributed by atoms with Gasteiger partial charge < -0.3 is 5.11 Å². The SMILES string of the molecule is CCC(C)CC(O)(CC(C)C)CC(C)C. The zero-order valence-corrected chi connectivity index (χ0v) is 11.5. The second-order valence-corrected chi connectivity index (χ2v) is 6.14. The zero-order valence-electron chi connectivity index (χ0n) is 11.5. The molecule has 0 spiro atoms. The van der Waals surface area contributed by atoms with Crippen LogP contribution in [0.3, 0.4) is 0 Å². The summed E-state index contributed by atoms with van der Waals surface area (Å²) in [5.41, 5.74) is -0.433. The maximum atomic E-state index is 10.7. The van der Waals surface area contributed by atoms with Crippen molar-refractivity contribution in [3.05, 3.63) is 0 Å². The van der Waals surface area contributed by atoms with Gasteiger partial charge in [-0.1, -0.05) is 48.0 Å². The van der Waals surface area contributed by atoms with E-state index in [1.807, 2.05) is 0 Å². The Morgan fingerprint density at radius 1 is 0.867 bits per heavy atom. The van der Waals surface area contributed by atoms with E-state index in [4.69, 9.17) is 0 Å². The average molecular weight is 214 g/mol. The molecule has 0 fully saturated rings. The van der Waals surface area contributed by atoms with Crippen molar-refractivity contribution in [2.75, 3.05) is 0 Å². The normalized spacial score (nSPS) is 15.0. The van der Waals surface area contributed by atoms with Gasteiger partial charge >= 0.3 is 0 Å². The Morgan fingerprint density at radius 2 is 1.27 bits per heavy atom. The van der Waals surface area contributed by atoms with Crippen molar-refractivity contribution in [2.24, 2.45) is 17.8 Å². The van der Waals surface area contributed by atoms with E-state index in [1.165, 1.54) is 6.42 Å². The van der Waals surface area contributed by atoms with Gasteiger partial charge in [-0.15, -0.1) is 0 Å². The van der Waals surface area contributed by atoms with E-state index in [2.05, 4.69) is 41.5 Å². The van der Waals surface area contributed by atoms with Gasteiger partial charge in [0.15, 0.2) is 0 Å². The molecule has 1 unspecified atom stereocenters. The van der Waals surface area contributed by atoms with Crippen LogP contribution in [-0.4, -0.2) is 10.7 Å². The highest BCUT2D eigenvalue weighted by Crippen LogP contribution is 2.31. The maximum Gasteiger partial charge on any atom is 0.0655 e. The molecule has 0 aromatic carbocycles. The first kappa shape index (κ1) is 15.0. The van der Waals surface area contributed by atoms with Gasteiger partial charge in [-0.05, 0) is 37.0 Å². The van der Waals surface area contributed by atoms with Crippen molar-refractivity contribution >= 4 is 0 Å². The van der Waals surface area contributed by atoms with E-state index in [-0.39, 0.29) is 0 Å². The molecule has 1 heteroatoms. The van der Waals surface area contributed by atoms with E-state index in [1.54, 1.807) is 0 Å². The van der Waals surface area contributed by atoms with Crippen LogP contribution in [-0.2, 0) is 0 Å². The lowest BCUT2D eigenvalue weighted by Gasteiger charge is -2.33. The molecule has 0 rings (SSSR count). The molecule has 1 N–H and O–H groups in total. The van der Waals surface area contributed by atoms with Crippen LogP contribution in [0.25, 0.3) is 0 Å². The van der Waals surface area contributed by atoms with Crippen LogP contribution in [0, 0.1) is 17.8 Å². The molecule has 92 valence electrons. The van der Waals surface area contributed by atoms with Crippen molar-refractivity contribution in [2.45, 2.75) is 72.8 Å². The smallest absolute Gasteiger partial charge is 0.0655 e. The van der Waals surface area contributed by atoms with Crippen molar-refractivity contribution in [3.63, 3.8) is 0 Å². The highest BCUT2D eigenvalue weighted by molar-refractivity contribution is 4.82. The standard InChI is InChI=1S/C14H30O/c1-7-13(6)10-14(15,8-11(2)3)9-12(4)5/h11-13,15H,7-10H2,1-6H3. The molecule has 0 aliphatic carbocycles. The molecule has 0 aromatic heterocycles. The number of rotatable bonds is 7. The van der Waals surface area contributed by atoms with Crippen LogP contribution in [0.2, 0.25) is 0 Å². The summed E-state index contributed by atoms with van der Waals surface area (Å²) in [5, 5.41) is 10.7. The Morgan fingerprint density at radius 3 is 1.53 bits per heavy atom. The topological polar surface area (TPSA) is 20.2 Å². The highest BCUT2D eigenvalue weighted by atomic mass is 16.3. The molecule has 0 bridgehead atoms. The molecular formula is C14H30O. The Hall–Kier alpha value is -0.0400. The third kappa shape index (κ3) is 6.94. The molecule has 1 atom stereocenters. The van der Waals surface area contributed by atoms with Crippen molar-refractivity contribution in [1.29, 1.82) is 0 Å². The van der Waals surface area contributed by atoms with Crippen LogP contribution in [0.4, 0.5) is 0 Å². The molecule has 15 heavy (non-hydrogen) atoms. The molecule has 0 saturated carbocycles. The Balaban J connectivity index is 4.39. The van der Waals surface area contributed by atoms with Gasteiger partial charge in [0, 0.05) is 0 Å². The molecular weight excluding hydrogens is 184 g/mol. The lowest BCUT2D eigenvalue weighted by Crippen LogP contribution is -2.34. The van der Waals surface area contributed by atoms with Gasteiger partial charge in [0.1, 0.15) is 0 Å². The number of hydrogen-bond donors (Lipinski definition) is 1. The molecule has 0 aliphatic heterocycles. The van der Waals surface area contributed by atoms with Gasteiger partial charge in [0.05, 0.1) is 5.60 Å². The Bertz CT molecular complexity index is 151. The van der Waals surface area contributed by atoms with Crippen LogP contribution >= 0.6 is 0 Å². The minimum absolute atomic E-state index is 0.433. The molecule has 0 aromatic rings. The summed E-state index contributed by atoms with van der Waals surface area (Å²) in [4.78, 5) is 0. The predicted molar refractivity (Wildman–Crippen MR) is 67.9 cm³/mol. The van der Waals surface area contributed by atoms with Crippen LogP contribution in [0.5, 0.6) is 0 Å². The van der Waals surface area contributed by atoms with Gasteiger partial charge in [-0.2, -0.15) is 0 Å². The monoisotopic (exact) mass is 214 g/mol. The van der Waals surface area contributed by atoms with Crippen molar-refractivity contribution < 1.29 is 5.11 Å². The average Bonchev–Trinajstić information content (AvgIpc) is 1.99. The Labute approximate surface area is 96.3 Å². The van der Waals surface area contributed by atoms with Gasteiger partial charge in [0.25, 0.3) is 0 Å². The second kappa shape index (κ2) is 6.52. The van der Waals surface area contributed by atoms with Crippen LogP contribution < -0.4 is 0 Å². The first-order valence-electron chi connectivity index (χ1n) is 6.51. The van der Waals surface area contributed by atoms with Gasteiger partial charge in [0.2, 0.25) is 0 Å². The zero-order chi connectivity index (χ0) is 12.1. The third-order valence-electron chi connectivity index (χ3n) is 3.00. The van der Waals surface area contributed by atoms with Crippen molar-refractivity contribution in [3.8, 4) is 0 Å². The highest BCUT2D eigenvalue weighted by Gasteiger charge is 2.30. The van der Waals surface area contributed by atoms with E-state index in [0.29, 0.717) is 17.8 Å². The fourth-order valence-electron chi connectivity index (χ4n) is 2.56. The molecule has 0 aliphatic rings. The van der Waals surface area contributed by atoms with Crippen LogP contribution in [0.15, 0.2) is 0 Å². The summed E-state index contributed by atoms with van der Waals surface area (Å²) in [6, 6.07) is 0. The largest absolute Gasteiger partial charge is 0.390 e. The molecule has 0 saturated heterocycles. The minimum atomic E-state index is -0.433. The Kier molecular flexibility index (Phi) is 6.51. The van der Waals surface area contributed by atoms with E-state index < -0.39 is 5.60 Å². The van der Waals surface area contributed by atoms with Gasteiger partial charge in [-0.3, -0.25) is 0 Å². The minimum Gasteiger partial charge on any atom is -0.390 e. The summed E-state index contributed by atoms with van der Waals surface area (Å²) in [6.07, 6.45) is 4.00. The first-order valence-corrected chi connectivity index (χ1v) is 6.51. The van der Waals surface area contributed by atoms with E-state index in [9.17, 15) is 5.11 Å². The second-order valence-electron chi connectivity index (χ2n) is 6.14. The summed E-state index contributed by atoms with van der Waals surface area (Å²) < 4.78 is 0. The third-order valence-corrected chi connectivity index (χ3v) is 3.00. The molecule has 0 radical (unpaired) electrons. The van der Waals surface area contributed by atoms with E-state index in [0.717, 1.165) is 19.3 Å². The molecule has 0 heterocycles. The quantitative estimate of drug-likeness (QED) is 0.672. The maximum absolute atomic E-state index is 10.7. The summed E-state index contributed by atoms with van der Waals surface area (Å²) in [7, 11) is 0. The summed E-state index contributed by atoms with van der Waals surface area (Å²) in [6.45, 7) is 13.2. The summed E-state index contributed by atoms with van der Waals surface area (Å²) >= 11 is 0. The summed E-state index contributed by atoms with van der Waals surface area (Å²) in [5.74, 6) is 1.79. The number of hydrogen-bond acceptors (Lipinski definition) is 1. The number of aliphatic hydroxyl groups is 1. The van der Waals surface area contributed by atoms with Gasteiger partial charge in [-0.25, -0.2) is 0 Å². The van der Waals surface area contributed by atoms with Crippen LogP contribution in [0.1, 0.15) is 67.2 Å². The lowest BCUT2D eigenvalue weighted by molar-refractivity contribution is -0.0195. The van der Waals surface area contributed by atoms with Crippen molar-refractivity contribution in [1.82, 2.24) is 0 Å². The first-order chi connectivity index (χ1) is 6.79. The molecule has 1 nitrogen and oxygen atoms in total. The fraction of sp³-hybridized carbons (Fsp3) is 1.00. The fourth-order valence-corrected chi connectivity index (χ4v) is 2.56. The predicted octanol–water partition coefficient (Wildman–Crippen LogP) is 4.25. The molecule has 0 amide bonds. The van der Waals surface area contributed by atoms with E-state index >= 15 is 0 Å².